The molecule has 0 amide bonds. The number of esters is 1. The Morgan fingerprint density at radius 1 is 1.13 bits per heavy atom. The Bertz CT molecular complexity index is 732. The van der Waals surface area contributed by atoms with Crippen LogP contribution in [0.1, 0.15) is 58.5 Å². The van der Waals surface area contributed by atoms with E-state index in [0.29, 0.717) is 11.5 Å². The van der Waals surface area contributed by atoms with E-state index in [2.05, 4.69) is 19.9 Å². The molecule has 2 aromatic rings. The van der Waals surface area contributed by atoms with E-state index in [1.54, 1.807) is 24.3 Å². The molecule has 0 radical (unpaired) electrons. The van der Waals surface area contributed by atoms with Crippen molar-refractivity contribution in [2.24, 2.45) is 0 Å². The fourth-order valence-electron chi connectivity index (χ4n) is 2.26. The Morgan fingerprint density at radius 2 is 1.83 bits per heavy atom. The van der Waals surface area contributed by atoms with Gasteiger partial charge in [-0.15, -0.1) is 0 Å². The standard InChI is InChI=1S/C19H20O4/c1-4-13-9-14(12(2)3)11-15(10-13)19(22)23-17-8-6-5-7-16(17)18(20)21/h5-12H,4H2,1-3H3,(H,20,21). The van der Waals surface area contributed by atoms with Gasteiger partial charge in [-0.05, 0) is 47.7 Å². The molecule has 23 heavy (non-hydrogen) atoms. The average molecular weight is 312 g/mol. The first-order valence-electron chi connectivity index (χ1n) is 7.60. The molecule has 0 saturated heterocycles. The number of para-hydroxylation sites is 1. The molecule has 0 aromatic heterocycles. The fourth-order valence-corrected chi connectivity index (χ4v) is 2.26. The first-order valence-corrected chi connectivity index (χ1v) is 7.60. The number of hydrogen-bond acceptors (Lipinski definition) is 3. The van der Waals surface area contributed by atoms with Gasteiger partial charge in [0, 0.05) is 0 Å². The lowest BCUT2D eigenvalue weighted by Crippen LogP contribution is -2.12. The molecule has 0 unspecified atom stereocenters. The van der Waals surface area contributed by atoms with Gasteiger partial charge in [0.25, 0.3) is 0 Å². The van der Waals surface area contributed by atoms with Gasteiger partial charge in [0.2, 0.25) is 0 Å². The number of carbonyl (C=O) groups excluding carboxylic acids is 1. The van der Waals surface area contributed by atoms with Gasteiger partial charge < -0.3 is 9.84 Å². The predicted molar refractivity (Wildman–Crippen MR) is 88.3 cm³/mol. The van der Waals surface area contributed by atoms with Gasteiger partial charge in [-0.25, -0.2) is 9.59 Å². The topological polar surface area (TPSA) is 63.6 Å². The summed E-state index contributed by atoms with van der Waals surface area (Å²) in [6, 6.07) is 11.8. The molecular formula is C19H20O4. The lowest BCUT2D eigenvalue weighted by molar-refractivity contribution is 0.0681. The first kappa shape index (κ1) is 16.7. The summed E-state index contributed by atoms with van der Waals surface area (Å²) in [6.07, 6.45) is 0.812. The van der Waals surface area contributed by atoms with Gasteiger partial charge in [-0.1, -0.05) is 39.0 Å². The molecule has 2 rings (SSSR count). The van der Waals surface area contributed by atoms with Crippen LogP contribution in [0.2, 0.25) is 0 Å². The third kappa shape index (κ3) is 3.97. The van der Waals surface area contributed by atoms with Crippen LogP contribution >= 0.6 is 0 Å². The summed E-state index contributed by atoms with van der Waals surface area (Å²) < 4.78 is 5.31. The zero-order valence-corrected chi connectivity index (χ0v) is 13.5. The average Bonchev–Trinajstić information content (AvgIpc) is 2.54. The van der Waals surface area contributed by atoms with Gasteiger partial charge in [0.15, 0.2) is 0 Å². The maximum atomic E-state index is 12.4. The van der Waals surface area contributed by atoms with Crippen LogP contribution in [0.5, 0.6) is 5.75 Å². The van der Waals surface area contributed by atoms with E-state index in [-0.39, 0.29) is 11.3 Å². The second kappa shape index (κ2) is 7.09. The van der Waals surface area contributed by atoms with Crippen LogP contribution in [-0.2, 0) is 6.42 Å². The van der Waals surface area contributed by atoms with Crippen molar-refractivity contribution >= 4 is 11.9 Å². The van der Waals surface area contributed by atoms with Gasteiger partial charge in [-0.2, -0.15) is 0 Å². The number of aryl methyl sites for hydroxylation is 1. The highest BCUT2D eigenvalue weighted by Crippen LogP contribution is 2.22. The molecule has 4 heteroatoms. The Balaban J connectivity index is 2.35. The van der Waals surface area contributed by atoms with Crippen molar-refractivity contribution in [3.05, 3.63) is 64.7 Å². The number of rotatable bonds is 5. The second-order valence-electron chi connectivity index (χ2n) is 5.66. The van der Waals surface area contributed by atoms with Crippen LogP contribution in [0.3, 0.4) is 0 Å². The lowest BCUT2D eigenvalue weighted by atomic mass is 9.97. The predicted octanol–water partition coefficient (Wildman–Crippen LogP) is 4.29. The van der Waals surface area contributed by atoms with Crippen molar-refractivity contribution in [3.63, 3.8) is 0 Å². The van der Waals surface area contributed by atoms with Crippen molar-refractivity contribution in [1.82, 2.24) is 0 Å². The molecule has 0 fully saturated rings. The van der Waals surface area contributed by atoms with E-state index >= 15 is 0 Å². The second-order valence-corrected chi connectivity index (χ2v) is 5.66. The normalized spacial score (nSPS) is 10.6. The van der Waals surface area contributed by atoms with Crippen LogP contribution in [0, 0.1) is 0 Å². The molecule has 0 bridgehead atoms. The van der Waals surface area contributed by atoms with E-state index < -0.39 is 11.9 Å². The number of carbonyl (C=O) groups is 2. The third-order valence-corrected chi connectivity index (χ3v) is 3.65. The quantitative estimate of drug-likeness (QED) is 0.661. The van der Waals surface area contributed by atoms with E-state index in [4.69, 9.17) is 9.84 Å². The van der Waals surface area contributed by atoms with Crippen LogP contribution in [0.15, 0.2) is 42.5 Å². The highest BCUT2D eigenvalue weighted by atomic mass is 16.5. The number of benzene rings is 2. The van der Waals surface area contributed by atoms with Gasteiger partial charge in [-0.3, -0.25) is 0 Å². The van der Waals surface area contributed by atoms with Crippen LogP contribution in [0.4, 0.5) is 0 Å². The summed E-state index contributed by atoms with van der Waals surface area (Å²) in [5, 5.41) is 9.16. The molecule has 0 heterocycles. The largest absolute Gasteiger partial charge is 0.478 e. The maximum Gasteiger partial charge on any atom is 0.343 e. The van der Waals surface area contributed by atoms with Crippen molar-refractivity contribution in [2.75, 3.05) is 0 Å². The lowest BCUT2D eigenvalue weighted by Gasteiger charge is -2.12. The Labute approximate surface area is 135 Å². The number of ether oxygens (including phenoxy) is 1. The third-order valence-electron chi connectivity index (χ3n) is 3.65. The molecule has 120 valence electrons. The molecular weight excluding hydrogens is 292 g/mol. The van der Waals surface area contributed by atoms with E-state index in [1.807, 2.05) is 6.92 Å². The minimum atomic E-state index is -1.13. The van der Waals surface area contributed by atoms with Gasteiger partial charge in [0.05, 0.1) is 5.56 Å². The van der Waals surface area contributed by atoms with Crippen molar-refractivity contribution in [1.29, 1.82) is 0 Å². The maximum absolute atomic E-state index is 12.4. The number of carboxylic acids is 1. The Hall–Kier alpha value is -2.62. The molecule has 0 spiro atoms. The number of hydrogen-bond donors (Lipinski definition) is 1. The monoisotopic (exact) mass is 312 g/mol. The molecule has 0 aliphatic heterocycles. The molecule has 0 aliphatic carbocycles. The minimum absolute atomic E-state index is 0.0309. The van der Waals surface area contributed by atoms with Crippen molar-refractivity contribution in [2.45, 2.75) is 33.1 Å². The SMILES string of the molecule is CCc1cc(C(=O)Oc2ccccc2C(=O)O)cc(C(C)C)c1. The van der Waals surface area contributed by atoms with Crippen LogP contribution in [-0.4, -0.2) is 17.0 Å². The fraction of sp³-hybridized carbons (Fsp3) is 0.263. The van der Waals surface area contributed by atoms with Crippen LogP contribution < -0.4 is 4.74 Å². The first-order chi connectivity index (χ1) is 10.9. The minimum Gasteiger partial charge on any atom is -0.478 e. The number of carboxylic acid groups (broad SMARTS) is 1. The number of aromatic carboxylic acids is 1. The molecule has 0 aliphatic rings. The molecule has 2 aromatic carbocycles. The van der Waals surface area contributed by atoms with Crippen molar-refractivity contribution < 1.29 is 19.4 Å². The Kier molecular flexibility index (Phi) is 5.16. The summed E-state index contributed by atoms with van der Waals surface area (Å²) in [7, 11) is 0. The van der Waals surface area contributed by atoms with E-state index in [9.17, 15) is 9.59 Å². The molecule has 4 nitrogen and oxygen atoms in total. The summed E-state index contributed by atoms with van der Waals surface area (Å²) in [4.78, 5) is 23.6. The van der Waals surface area contributed by atoms with Crippen molar-refractivity contribution in [3.8, 4) is 5.75 Å². The summed E-state index contributed by atoms with van der Waals surface area (Å²) >= 11 is 0. The highest BCUT2D eigenvalue weighted by Gasteiger charge is 2.16. The van der Waals surface area contributed by atoms with Gasteiger partial charge in [0.1, 0.15) is 11.3 Å². The molecule has 1 N–H and O–H groups in total. The van der Waals surface area contributed by atoms with E-state index in [1.165, 1.54) is 12.1 Å². The zero-order valence-electron chi connectivity index (χ0n) is 13.5. The Morgan fingerprint density at radius 3 is 2.43 bits per heavy atom. The van der Waals surface area contributed by atoms with E-state index in [0.717, 1.165) is 17.5 Å². The van der Waals surface area contributed by atoms with Crippen LogP contribution in [0.25, 0.3) is 0 Å². The highest BCUT2D eigenvalue weighted by molar-refractivity contribution is 5.95. The summed E-state index contributed by atoms with van der Waals surface area (Å²) in [6.45, 7) is 6.14. The molecule has 0 atom stereocenters. The smallest absolute Gasteiger partial charge is 0.343 e. The summed E-state index contributed by atoms with van der Waals surface area (Å²) in [5.74, 6) is -1.33. The summed E-state index contributed by atoms with van der Waals surface area (Å²) in [5.41, 5.74) is 2.52. The zero-order chi connectivity index (χ0) is 17.0. The molecule has 0 saturated carbocycles. The van der Waals surface area contributed by atoms with Gasteiger partial charge >= 0.3 is 11.9 Å².